The maximum absolute atomic E-state index is 12.9. The maximum atomic E-state index is 12.9. The number of benzene rings is 2. The van der Waals surface area contributed by atoms with Gasteiger partial charge in [0.2, 0.25) is 0 Å². The van der Waals surface area contributed by atoms with Crippen molar-refractivity contribution in [2.45, 2.75) is 26.2 Å². The Hall–Kier alpha value is -1.49. The molecule has 0 heterocycles. The van der Waals surface area contributed by atoms with Crippen LogP contribution in [0.5, 0.6) is 0 Å². The van der Waals surface area contributed by atoms with E-state index in [0.717, 1.165) is 32.9 Å². The van der Waals surface area contributed by atoms with E-state index in [2.05, 4.69) is 0 Å². The van der Waals surface area contributed by atoms with Crippen molar-refractivity contribution in [1.82, 2.24) is 0 Å². The van der Waals surface area contributed by atoms with Gasteiger partial charge in [-0.1, -0.05) is 12.1 Å². The van der Waals surface area contributed by atoms with Crippen LogP contribution >= 0.6 is 7.80 Å². The van der Waals surface area contributed by atoms with Crippen LogP contribution < -0.4 is 33.5 Å². The van der Waals surface area contributed by atoms with Crippen LogP contribution in [0.1, 0.15) is 22.3 Å². The van der Waals surface area contributed by atoms with Crippen molar-refractivity contribution < 1.29 is 4.57 Å². The van der Waals surface area contributed by atoms with Gasteiger partial charge in [0, 0.05) is 36.8 Å². The molecule has 0 fully saturated rings. The van der Waals surface area contributed by atoms with Crippen molar-refractivity contribution in [3.8, 4) is 0 Å². The Kier molecular flexibility index (Phi) is 5.89. The summed E-state index contributed by atoms with van der Waals surface area (Å²) in [7, 11) is -2.14. The zero-order valence-electron chi connectivity index (χ0n) is 12.5. The number of hydrogen-bond donors (Lipinski definition) is 4. The summed E-state index contributed by atoms with van der Waals surface area (Å²) in [5.74, 6) is 0. The molecule has 2 rings (SSSR count). The van der Waals surface area contributed by atoms with Gasteiger partial charge < -0.3 is 27.5 Å². The van der Waals surface area contributed by atoms with Gasteiger partial charge in [0.25, 0.3) is 0 Å². The average molecular weight is 318 g/mol. The Morgan fingerprint density at radius 3 is 1.09 bits per heavy atom. The first-order chi connectivity index (χ1) is 10.6. The lowest BCUT2D eigenvalue weighted by molar-refractivity contribution is 0.598. The van der Waals surface area contributed by atoms with Crippen LogP contribution in [0.3, 0.4) is 0 Å². The standard InChI is InChI=1S/C16H23N4OP/c17-7-11-1-12(8-18)4-15(3-11)22(21)16-5-13(9-19)2-14(6-16)10-20/h1-6,22H,7-10,17-20H2. The molecule has 0 saturated heterocycles. The first kappa shape index (κ1) is 16.9. The fourth-order valence-corrected chi connectivity index (χ4v) is 4.02. The third-order valence-corrected chi connectivity index (χ3v) is 5.20. The largest absolute Gasteiger partial charge is 0.326 e. The number of rotatable bonds is 6. The van der Waals surface area contributed by atoms with Crippen LogP contribution in [0, 0.1) is 0 Å². The lowest BCUT2D eigenvalue weighted by atomic mass is 10.1. The summed E-state index contributed by atoms with van der Waals surface area (Å²) in [4.78, 5) is 0. The van der Waals surface area contributed by atoms with Gasteiger partial charge in [-0.2, -0.15) is 0 Å². The molecule has 8 N–H and O–H groups in total. The molecule has 0 unspecified atom stereocenters. The van der Waals surface area contributed by atoms with Crippen LogP contribution in [-0.2, 0) is 30.7 Å². The molecule has 5 nitrogen and oxygen atoms in total. The summed E-state index contributed by atoms with van der Waals surface area (Å²) in [6.07, 6.45) is 0. The van der Waals surface area contributed by atoms with Crippen LogP contribution in [0.15, 0.2) is 36.4 Å². The van der Waals surface area contributed by atoms with Crippen molar-refractivity contribution in [3.63, 3.8) is 0 Å². The van der Waals surface area contributed by atoms with E-state index in [1.807, 2.05) is 36.4 Å². The highest BCUT2D eigenvalue weighted by Crippen LogP contribution is 2.23. The van der Waals surface area contributed by atoms with Crippen LogP contribution in [0.25, 0.3) is 0 Å². The molecule has 0 aliphatic rings. The van der Waals surface area contributed by atoms with Gasteiger partial charge in [0.1, 0.15) is 7.80 Å². The molecule has 118 valence electrons. The minimum absolute atomic E-state index is 0.396. The predicted octanol–water partition coefficient (Wildman–Crippen LogP) is 0.0319. The maximum Gasteiger partial charge on any atom is 0.131 e. The minimum atomic E-state index is -2.14. The highest BCUT2D eigenvalue weighted by molar-refractivity contribution is 7.61. The molecule has 0 amide bonds. The summed E-state index contributed by atoms with van der Waals surface area (Å²) in [6, 6.07) is 11.4. The van der Waals surface area contributed by atoms with Crippen LogP contribution in [-0.4, -0.2) is 0 Å². The molecular formula is C16H23N4OP. The van der Waals surface area contributed by atoms with Gasteiger partial charge >= 0.3 is 0 Å². The first-order valence-corrected chi connectivity index (χ1v) is 8.62. The molecule has 6 heteroatoms. The van der Waals surface area contributed by atoms with E-state index in [4.69, 9.17) is 22.9 Å². The smallest absolute Gasteiger partial charge is 0.131 e. The summed E-state index contributed by atoms with van der Waals surface area (Å²) in [6.45, 7) is 1.58. The Balaban J connectivity index is 2.47. The van der Waals surface area contributed by atoms with E-state index in [0.29, 0.717) is 26.2 Å². The average Bonchev–Trinajstić information content (AvgIpc) is 2.59. The van der Waals surface area contributed by atoms with Gasteiger partial charge in [-0.15, -0.1) is 0 Å². The monoisotopic (exact) mass is 318 g/mol. The van der Waals surface area contributed by atoms with Crippen molar-refractivity contribution in [3.05, 3.63) is 58.7 Å². The second kappa shape index (κ2) is 7.68. The van der Waals surface area contributed by atoms with E-state index in [1.165, 1.54) is 0 Å². The highest BCUT2D eigenvalue weighted by Gasteiger charge is 2.11. The van der Waals surface area contributed by atoms with E-state index >= 15 is 0 Å². The summed E-state index contributed by atoms with van der Waals surface area (Å²) in [5.41, 5.74) is 26.6. The van der Waals surface area contributed by atoms with Gasteiger partial charge in [0.05, 0.1) is 0 Å². The second-order valence-electron chi connectivity index (χ2n) is 5.22. The van der Waals surface area contributed by atoms with E-state index in [9.17, 15) is 4.57 Å². The van der Waals surface area contributed by atoms with Crippen molar-refractivity contribution >= 4 is 18.4 Å². The highest BCUT2D eigenvalue weighted by atomic mass is 31.1. The lowest BCUT2D eigenvalue weighted by Gasteiger charge is -2.11. The van der Waals surface area contributed by atoms with Gasteiger partial charge in [-0.3, -0.25) is 0 Å². The normalized spacial score (nSPS) is 11.1. The first-order valence-electron chi connectivity index (χ1n) is 7.22. The molecule has 0 radical (unpaired) electrons. The lowest BCUT2D eigenvalue weighted by Crippen LogP contribution is -2.14. The number of nitrogens with two attached hydrogens (primary N) is 4. The van der Waals surface area contributed by atoms with E-state index in [1.54, 1.807) is 0 Å². The topological polar surface area (TPSA) is 121 Å². The SMILES string of the molecule is NCc1cc(CN)cc([PH](=O)c2cc(CN)cc(CN)c2)c1. The predicted molar refractivity (Wildman–Crippen MR) is 92.7 cm³/mol. The molecule has 0 saturated carbocycles. The summed E-state index contributed by atoms with van der Waals surface area (Å²) in [5, 5.41) is 1.54. The molecule has 0 aliphatic carbocycles. The molecule has 2 aromatic rings. The van der Waals surface area contributed by atoms with Crippen LogP contribution in [0.2, 0.25) is 0 Å². The van der Waals surface area contributed by atoms with E-state index < -0.39 is 7.80 Å². The zero-order valence-corrected chi connectivity index (χ0v) is 13.5. The Morgan fingerprint density at radius 1 is 0.591 bits per heavy atom. The molecule has 22 heavy (non-hydrogen) atoms. The molecule has 0 aliphatic heterocycles. The Morgan fingerprint density at radius 2 is 0.864 bits per heavy atom. The van der Waals surface area contributed by atoms with Crippen molar-refractivity contribution in [2.75, 3.05) is 0 Å². The summed E-state index contributed by atoms with van der Waals surface area (Å²) >= 11 is 0. The third-order valence-electron chi connectivity index (χ3n) is 3.57. The second-order valence-corrected chi connectivity index (χ2v) is 7.03. The molecule has 0 aromatic heterocycles. The fraction of sp³-hybridized carbons (Fsp3) is 0.250. The minimum Gasteiger partial charge on any atom is -0.326 e. The number of hydrogen-bond acceptors (Lipinski definition) is 5. The molecule has 0 spiro atoms. The summed E-state index contributed by atoms with van der Waals surface area (Å²) < 4.78 is 12.9. The fourth-order valence-electron chi connectivity index (χ4n) is 2.43. The van der Waals surface area contributed by atoms with Crippen molar-refractivity contribution in [2.24, 2.45) is 22.9 Å². The Bertz CT molecular complexity index is 586. The molecule has 0 atom stereocenters. The van der Waals surface area contributed by atoms with Crippen molar-refractivity contribution in [1.29, 1.82) is 0 Å². The molecule has 0 bridgehead atoms. The van der Waals surface area contributed by atoms with Gasteiger partial charge in [-0.25, -0.2) is 0 Å². The quantitative estimate of drug-likeness (QED) is 0.560. The van der Waals surface area contributed by atoms with Gasteiger partial charge in [-0.05, 0) is 46.5 Å². The zero-order chi connectivity index (χ0) is 16.1. The Labute approximate surface area is 131 Å². The van der Waals surface area contributed by atoms with E-state index in [-0.39, 0.29) is 0 Å². The molecular weight excluding hydrogens is 295 g/mol. The third kappa shape index (κ3) is 3.83. The molecule has 2 aromatic carbocycles. The van der Waals surface area contributed by atoms with Crippen LogP contribution in [0.4, 0.5) is 0 Å². The van der Waals surface area contributed by atoms with Gasteiger partial charge in [0.15, 0.2) is 0 Å².